The largest absolute Gasteiger partial charge is 0.471 e. The summed E-state index contributed by atoms with van der Waals surface area (Å²) in [7, 11) is 0. The van der Waals surface area contributed by atoms with Crippen molar-refractivity contribution >= 4 is 5.91 Å². The first kappa shape index (κ1) is 18.0. The predicted molar refractivity (Wildman–Crippen MR) is 87.8 cm³/mol. The minimum Gasteiger partial charge on any atom is -0.376 e. The zero-order valence-electron chi connectivity index (χ0n) is 14.4. The monoisotopic (exact) mass is 381 g/mol. The second kappa shape index (κ2) is 6.95. The lowest BCUT2D eigenvalue weighted by atomic mass is 10.1. The Kier molecular flexibility index (Phi) is 4.63. The molecule has 1 aliphatic heterocycles. The van der Waals surface area contributed by atoms with E-state index in [4.69, 9.17) is 4.74 Å². The van der Waals surface area contributed by atoms with Gasteiger partial charge in [-0.05, 0) is 37.8 Å². The molecule has 2 aliphatic rings. The molecular formula is C18H18F3N3O3. The van der Waals surface area contributed by atoms with Crippen molar-refractivity contribution in [2.45, 2.75) is 44.0 Å². The Morgan fingerprint density at radius 1 is 1.15 bits per heavy atom. The van der Waals surface area contributed by atoms with Crippen molar-refractivity contribution < 1.29 is 27.2 Å². The van der Waals surface area contributed by atoms with E-state index in [0.717, 1.165) is 25.7 Å². The number of amides is 1. The van der Waals surface area contributed by atoms with Crippen molar-refractivity contribution in [3.05, 3.63) is 35.7 Å². The molecule has 1 saturated heterocycles. The van der Waals surface area contributed by atoms with Gasteiger partial charge < -0.3 is 14.2 Å². The summed E-state index contributed by atoms with van der Waals surface area (Å²) in [5.41, 5.74) is 0.828. The minimum atomic E-state index is -4.69. The smallest absolute Gasteiger partial charge is 0.376 e. The molecule has 0 N–H and O–H groups in total. The van der Waals surface area contributed by atoms with Gasteiger partial charge in [0.1, 0.15) is 0 Å². The number of carbonyl (C=O) groups is 1. The minimum absolute atomic E-state index is 0.0891. The van der Waals surface area contributed by atoms with Crippen LogP contribution in [0.3, 0.4) is 0 Å². The molecule has 1 aromatic heterocycles. The number of hydrogen-bond donors (Lipinski definition) is 0. The van der Waals surface area contributed by atoms with Crippen LogP contribution >= 0.6 is 0 Å². The van der Waals surface area contributed by atoms with Gasteiger partial charge in [0.2, 0.25) is 5.82 Å². The topological polar surface area (TPSA) is 68.5 Å². The molecule has 0 radical (unpaired) electrons. The molecule has 1 saturated carbocycles. The highest BCUT2D eigenvalue weighted by Crippen LogP contribution is 2.31. The Bertz CT molecular complexity index is 819. The van der Waals surface area contributed by atoms with Crippen LogP contribution in [0.2, 0.25) is 0 Å². The van der Waals surface area contributed by atoms with Gasteiger partial charge in [0.15, 0.2) is 0 Å². The Hall–Kier alpha value is -2.42. The second-order valence-electron chi connectivity index (χ2n) is 6.76. The molecule has 0 unspecified atom stereocenters. The number of nitrogens with zero attached hydrogens (tertiary/aromatic N) is 3. The van der Waals surface area contributed by atoms with E-state index in [2.05, 4.69) is 14.7 Å². The van der Waals surface area contributed by atoms with Crippen molar-refractivity contribution in [2.75, 3.05) is 13.2 Å². The van der Waals surface area contributed by atoms with Gasteiger partial charge in [-0.2, -0.15) is 18.2 Å². The highest BCUT2D eigenvalue weighted by molar-refractivity contribution is 5.95. The van der Waals surface area contributed by atoms with Gasteiger partial charge in [-0.25, -0.2) is 0 Å². The van der Waals surface area contributed by atoms with Crippen LogP contribution < -0.4 is 0 Å². The summed E-state index contributed by atoms with van der Waals surface area (Å²) in [6.45, 7) is 1.30. The first-order valence-corrected chi connectivity index (χ1v) is 8.87. The van der Waals surface area contributed by atoms with Crippen LogP contribution in [-0.2, 0) is 10.9 Å². The number of halogens is 3. The van der Waals surface area contributed by atoms with Crippen LogP contribution in [0.1, 0.15) is 41.9 Å². The number of benzene rings is 1. The molecule has 6 nitrogen and oxygen atoms in total. The zero-order valence-corrected chi connectivity index (χ0v) is 14.4. The number of alkyl halides is 3. The van der Waals surface area contributed by atoms with E-state index >= 15 is 0 Å². The second-order valence-corrected chi connectivity index (χ2v) is 6.76. The molecule has 1 amide bonds. The first-order chi connectivity index (χ1) is 12.9. The summed E-state index contributed by atoms with van der Waals surface area (Å²) >= 11 is 0. The molecule has 2 aromatic rings. The van der Waals surface area contributed by atoms with E-state index in [1.54, 1.807) is 12.1 Å². The van der Waals surface area contributed by atoms with Gasteiger partial charge in [-0.1, -0.05) is 17.3 Å². The lowest BCUT2D eigenvalue weighted by Crippen LogP contribution is -2.43. The zero-order chi connectivity index (χ0) is 19.0. The number of ether oxygens (including phenoxy) is 1. The van der Waals surface area contributed by atoms with E-state index in [9.17, 15) is 18.0 Å². The third kappa shape index (κ3) is 3.55. The van der Waals surface area contributed by atoms with E-state index in [-0.39, 0.29) is 23.9 Å². The number of carbonyl (C=O) groups excluding carboxylic acids is 1. The van der Waals surface area contributed by atoms with Gasteiger partial charge in [0.25, 0.3) is 5.91 Å². The summed E-state index contributed by atoms with van der Waals surface area (Å²) in [6.07, 6.45) is -0.869. The maximum atomic E-state index is 13.0. The highest BCUT2D eigenvalue weighted by atomic mass is 19.4. The Morgan fingerprint density at radius 2 is 1.93 bits per heavy atom. The molecule has 2 fully saturated rings. The van der Waals surface area contributed by atoms with Crippen molar-refractivity contribution in [3.8, 4) is 11.4 Å². The van der Waals surface area contributed by atoms with Crippen LogP contribution in [0, 0.1) is 0 Å². The van der Waals surface area contributed by atoms with Crippen LogP contribution in [0.15, 0.2) is 28.8 Å². The lowest BCUT2D eigenvalue weighted by molar-refractivity contribution is -0.159. The molecule has 1 aromatic carbocycles. The molecule has 4 rings (SSSR count). The van der Waals surface area contributed by atoms with Gasteiger partial charge in [0, 0.05) is 24.3 Å². The fourth-order valence-electron chi connectivity index (χ4n) is 3.73. The molecule has 144 valence electrons. The standard InChI is InChI=1S/C18H18F3N3O3/c19-18(20,21)17-22-15(23-27-17)11-5-7-12(8-6-11)16(25)24-9-2-10-26-14-4-1-3-13(14)24/h5-8,13-14H,1-4,9-10H2/t13-,14+/m1/s1. The Labute approximate surface area is 153 Å². The van der Waals surface area contributed by atoms with E-state index in [1.807, 2.05) is 4.90 Å². The van der Waals surface area contributed by atoms with E-state index in [0.29, 0.717) is 24.3 Å². The van der Waals surface area contributed by atoms with Crippen molar-refractivity contribution in [3.63, 3.8) is 0 Å². The normalized spacial score (nSPS) is 23.1. The number of rotatable bonds is 2. The molecule has 27 heavy (non-hydrogen) atoms. The van der Waals surface area contributed by atoms with Crippen LogP contribution in [0.25, 0.3) is 11.4 Å². The quantitative estimate of drug-likeness (QED) is 0.796. The van der Waals surface area contributed by atoms with Gasteiger partial charge >= 0.3 is 12.1 Å². The molecule has 0 spiro atoms. The van der Waals surface area contributed by atoms with Crippen LogP contribution in [0.4, 0.5) is 13.2 Å². The molecule has 0 bridgehead atoms. The van der Waals surface area contributed by atoms with Crippen LogP contribution in [0.5, 0.6) is 0 Å². The summed E-state index contributed by atoms with van der Waals surface area (Å²) in [5.74, 6) is -1.65. The average molecular weight is 381 g/mol. The van der Waals surface area contributed by atoms with Gasteiger partial charge in [-0.15, -0.1) is 0 Å². The molecule has 2 heterocycles. The fraction of sp³-hybridized carbons (Fsp3) is 0.500. The van der Waals surface area contributed by atoms with Crippen molar-refractivity contribution in [1.82, 2.24) is 15.0 Å². The third-order valence-corrected chi connectivity index (χ3v) is 5.01. The first-order valence-electron chi connectivity index (χ1n) is 8.87. The maximum Gasteiger partial charge on any atom is 0.471 e. The Morgan fingerprint density at radius 3 is 2.63 bits per heavy atom. The lowest BCUT2D eigenvalue weighted by Gasteiger charge is -2.30. The van der Waals surface area contributed by atoms with Gasteiger partial charge in [-0.3, -0.25) is 4.79 Å². The van der Waals surface area contributed by atoms with E-state index in [1.165, 1.54) is 12.1 Å². The summed E-state index contributed by atoms with van der Waals surface area (Å²) in [6, 6.07) is 6.30. The van der Waals surface area contributed by atoms with Crippen molar-refractivity contribution in [1.29, 1.82) is 0 Å². The number of fused-ring (bicyclic) bond motifs is 1. The van der Waals surface area contributed by atoms with Crippen molar-refractivity contribution in [2.24, 2.45) is 0 Å². The fourth-order valence-corrected chi connectivity index (χ4v) is 3.73. The van der Waals surface area contributed by atoms with Gasteiger partial charge in [0.05, 0.1) is 12.1 Å². The summed E-state index contributed by atoms with van der Waals surface area (Å²) < 4.78 is 47.8. The average Bonchev–Trinajstić information content (AvgIpc) is 3.28. The SMILES string of the molecule is O=C(c1ccc(-c2noc(C(F)(F)F)n2)cc1)N1CCCO[C@H]2CCC[C@H]21. The number of hydrogen-bond acceptors (Lipinski definition) is 5. The van der Waals surface area contributed by atoms with Crippen LogP contribution in [-0.4, -0.2) is 46.2 Å². The molecular weight excluding hydrogens is 363 g/mol. The summed E-state index contributed by atoms with van der Waals surface area (Å²) in [4.78, 5) is 18.2. The Balaban J connectivity index is 1.53. The number of aromatic nitrogens is 2. The van der Waals surface area contributed by atoms with E-state index < -0.39 is 12.1 Å². The maximum absolute atomic E-state index is 13.0. The summed E-state index contributed by atoms with van der Waals surface area (Å²) in [5, 5.41) is 3.36. The molecule has 2 atom stereocenters. The predicted octanol–water partition coefficient (Wildman–Crippen LogP) is 3.54. The molecule has 1 aliphatic carbocycles. The molecule has 9 heteroatoms. The highest BCUT2D eigenvalue weighted by Gasteiger charge is 2.39. The third-order valence-electron chi connectivity index (χ3n) is 5.01.